The fraction of sp³-hybridized carbons (Fsp3) is 0.364. The summed E-state index contributed by atoms with van der Waals surface area (Å²) in [4.78, 5) is 34.8. The second-order valence-corrected chi connectivity index (χ2v) is 12.5. The van der Waals surface area contributed by atoms with Gasteiger partial charge in [-0.1, -0.05) is 29.3 Å². The molecule has 2 aromatic rings. The van der Waals surface area contributed by atoms with Crippen molar-refractivity contribution in [3.63, 3.8) is 0 Å². The van der Waals surface area contributed by atoms with Crippen LogP contribution in [0.5, 0.6) is 0 Å². The van der Waals surface area contributed by atoms with Crippen LogP contribution in [0.15, 0.2) is 17.1 Å². The Hall–Kier alpha value is -3.07. The van der Waals surface area contributed by atoms with Crippen molar-refractivity contribution in [2.75, 3.05) is 0 Å². The number of aromatic nitrogens is 3. The maximum Gasteiger partial charge on any atom is 0.308 e. The van der Waals surface area contributed by atoms with E-state index < -0.39 is 45.6 Å². The van der Waals surface area contributed by atoms with Gasteiger partial charge < -0.3 is 0 Å². The quantitative estimate of drug-likeness (QED) is 0.403. The highest BCUT2D eigenvalue weighted by molar-refractivity contribution is 7.02. The van der Waals surface area contributed by atoms with Gasteiger partial charge in [-0.05, 0) is 0 Å². The van der Waals surface area contributed by atoms with Gasteiger partial charge in [0.25, 0.3) is 5.69 Å². The summed E-state index contributed by atoms with van der Waals surface area (Å²) < 4.78 is 5.15. The summed E-state index contributed by atoms with van der Waals surface area (Å²) in [5.74, 6) is 0. The third-order valence-corrected chi connectivity index (χ3v) is 4.85. The van der Waals surface area contributed by atoms with E-state index in [9.17, 15) is 30.3 Å². The largest absolute Gasteiger partial charge is 0.308 e. The number of non-ortho nitro benzene ring substituents is 1. The molecule has 0 fully saturated rings. The fourth-order valence-electron chi connectivity index (χ4n) is 1.99. The van der Waals surface area contributed by atoms with E-state index in [1.165, 1.54) is 4.68 Å². The first-order valence-electron chi connectivity index (χ1n) is 7.05. The summed E-state index contributed by atoms with van der Waals surface area (Å²) in [5, 5.41) is 37.3. The first-order chi connectivity index (χ1) is 12.0. The van der Waals surface area contributed by atoms with Crippen LogP contribution >= 0.6 is 11.5 Å². The topological polar surface area (TPSA) is 172 Å². The molecule has 26 heavy (non-hydrogen) atoms. The molecule has 138 valence electrons. The molecule has 13 nitrogen and oxygen atoms in total. The maximum atomic E-state index is 11.3. The number of hydrogen-bond donors (Lipinski definition) is 0. The van der Waals surface area contributed by atoms with Gasteiger partial charge in [-0.3, -0.25) is 30.3 Å². The number of nitrogens with zero attached hydrogens (tertiary/aromatic N) is 7. The second kappa shape index (κ2) is 7.04. The van der Waals surface area contributed by atoms with Crippen molar-refractivity contribution >= 4 is 42.4 Å². The monoisotopic (exact) mass is 399 g/mol. The van der Waals surface area contributed by atoms with E-state index in [1.54, 1.807) is 0 Å². The van der Waals surface area contributed by atoms with Crippen LogP contribution in [0.3, 0.4) is 0 Å². The normalized spacial score (nSPS) is 12.2. The first-order valence-corrected chi connectivity index (χ1v) is 11.5. The Balaban J connectivity index is 2.77. The molecule has 0 amide bonds. The Morgan fingerprint density at radius 3 is 2.04 bits per heavy atom. The van der Waals surface area contributed by atoms with Gasteiger partial charge in [0.15, 0.2) is 0 Å². The van der Waals surface area contributed by atoms with E-state index in [1.807, 2.05) is 0 Å². The zero-order valence-corrected chi connectivity index (χ0v) is 15.7. The average Bonchev–Trinajstić information content (AvgIpc) is 2.91. The minimum Gasteiger partial charge on any atom is -0.258 e. The van der Waals surface area contributed by atoms with Crippen molar-refractivity contribution in [2.45, 2.75) is 25.8 Å². The molecule has 2 rings (SSSR count). The molecule has 1 aromatic heterocycles. The lowest BCUT2D eigenvalue weighted by Gasteiger charge is -2.14. The number of rotatable bonds is 6. The molecule has 0 atom stereocenters. The molecule has 1 heterocycles. The second-order valence-electron chi connectivity index (χ2n) is 6.38. The van der Waals surface area contributed by atoms with Crippen molar-refractivity contribution in [3.05, 3.63) is 47.3 Å². The van der Waals surface area contributed by atoms with E-state index in [0.29, 0.717) is 18.3 Å². The van der Waals surface area contributed by atoms with Crippen LogP contribution < -0.4 is 4.80 Å². The first kappa shape index (κ1) is 19.3. The Labute approximate surface area is 150 Å². The molecule has 0 aliphatic carbocycles. The van der Waals surface area contributed by atoms with Crippen LogP contribution in [0.1, 0.15) is 0 Å². The van der Waals surface area contributed by atoms with Crippen LogP contribution in [0.25, 0.3) is 0 Å². The maximum absolute atomic E-state index is 11.3. The van der Waals surface area contributed by atoms with Gasteiger partial charge in [-0.25, -0.2) is 9.67 Å². The molecule has 0 bridgehead atoms. The summed E-state index contributed by atoms with van der Waals surface area (Å²) >= 11 is 0.815. The molecule has 0 spiro atoms. The highest BCUT2D eigenvalue weighted by atomic mass is 32.1. The predicted molar refractivity (Wildman–Crippen MR) is 92.9 cm³/mol. The number of hydrogen-bond acceptors (Lipinski definition) is 10. The van der Waals surface area contributed by atoms with E-state index in [4.69, 9.17) is 0 Å². The molecule has 0 saturated heterocycles. The van der Waals surface area contributed by atoms with Crippen LogP contribution in [-0.4, -0.2) is 37.2 Å². The lowest BCUT2D eigenvalue weighted by atomic mass is 10.2. The molecule has 0 aliphatic rings. The standard InChI is InChI=1S/C11H13N7O6SSi/c1-26(2,3)6-15-11(25-14-13-15)12-10-8(17(21)22)4-7(16(19)20)5-9(10)18(23)24/h4-5H,6H2,1-3H3. The molecule has 1 aromatic carbocycles. The molecule has 0 aliphatic heterocycles. The Morgan fingerprint density at radius 2 is 1.62 bits per heavy atom. The van der Waals surface area contributed by atoms with Gasteiger partial charge in [-0.15, -0.1) is 0 Å². The lowest BCUT2D eigenvalue weighted by Crippen LogP contribution is -2.33. The minimum atomic E-state index is -1.65. The zero-order valence-electron chi connectivity index (χ0n) is 13.9. The van der Waals surface area contributed by atoms with Gasteiger partial charge in [0.05, 0.1) is 35.0 Å². The van der Waals surface area contributed by atoms with Crippen molar-refractivity contribution in [3.8, 4) is 0 Å². The van der Waals surface area contributed by atoms with Gasteiger partial charge in [-0.2, -0.15) is 0 Å². The molecular formula is C11H13N7O6SSi. The summed E-state index contributed by atoms with van der Waals surface area (Å²) in [7, 11) is -1.65. The van der Waals surface area contributed by atoms with E-state index in [-0.39, 0.29) is 4.80 Å². The Bertz CT molecular complexity index is 927. The Kier molecular flexibility index (Phi) is 5.21. The predicted octanol–water partition coefficient (Wildman–Crippen LogP) is 2.17. The average molecular weight is 399 g/mol. The van der Waals surface area contributed by atoms with Gasteiger partial charge >= 0.3 is 11.4 Å². The van der Waals surface area contributed by atoms with Crippen molar-refractivity contribution in [2.24, 2.45) is 4.99 Å². The number of benzene rings is 1. The highest BCUT2D eigenvalue weighted by Gasteiger charge is 2.31. The molecule has 15 heteroatoms. The SMILES string of the molecule is C[Si](C)(C)Cn1nnsc1=Nc1c([N+](=O)[O-])cc([N+](=O)[O-])cc1[N+](=O)[O-]. The lowest BCUT2D eigenvalue weighted by molar-refractivity contribution is -0.402. The third kappa shape index (κ3) is 4.31. The third-order valence-electron chi connectivity index (χ3n) is 2.98. The summed E-state index contributed by atoms with van der Waals surface area (Å²) in [5.41, 5.74) is -3.02. The van der Waals surface area contributed by atoms with Crippen molar-refractivity contribution < 1.29 is 14.8 Å². The van der Waals surface area contributed by atoms with Crippen molar-refractivity contribution in [1.82, 2.24) is 14.4 Å². The van der Waals surface area contributed by atoms with Crippen LogP contribution in [0.2, 0.25) is 19.6 Å². The molecule has 0 N–H and O–H groups in total. The number of nitro benzene ring substituents is 3. The van der Waals surface area contributed by atoms with Gasteiger partial charge in [0.2, 0.25) is 10.5 Å². The zero-order chi connectivity index (χ0) is 19.6. The fourth-order valence-corrected chi connectivity index (χ4v) is 3.75. The van der Waals surface area contributed by atoms with Gasteiger partial charge in [0, 0.05) is 17.7 Å². The number of nitro groups is 3. The van der Waals surface area contributed by atoms with Crippen LogP contribution in [0, 0.1) is 30.3 Å². The smallest absolute Gasteiger partial charge is 0.258 e. The van der Waals surface area contributed by atoms with E-state index in [0.717, 1.165) is 11.5 Å². The molecule has 0 saturated carbocycles. The molecule has 0 radical (unpaired) electrons. The van der Waals surface area contributed by atoms with Gasteiger partial charge in [0.1, 0.15) is 0 Å². The van der Waals surface area contributed by atoms with E-state index >= 15 is 0 Å². The summed E-state index contributed by atoms with van der Waals surface area (Å²) in [6.07, 6.45) is 0.497. The minimum absolute atomic E-state index is 0.132. The molecular weight excluding hydrogens is 386 g/mol. The van der Waals surface area contributed by atoms with E-state index in [2.05, 4.69) is 34.3 Å². The summed E-state index contributed by atoms with van der Waals surface area (Å²) in [6, 6.07) is 1.28. The highest BCUT2D eigenvalue weighted by Crippen LogP contribution is 2.40. The van der Waals surface area contributed by atoms with Crippen LogP contribution in [-0.2, 0) is 6.17 Å². The molecule has 0 unspecified atom stereocenters. The van der Waals surface area contributed by atoms with Crippen LogP contribution in [0.4, 0.5) is 22.7 Å². The summed E-state index contributed by atoms with van der Waals surface area (Å²) in [6.45, 7) is 6.17. The Morgan fingerprint density at radius 1 is 1.08 bits per heavy atom. The van der Waals surface area contributed by atoms with Crippen molar-refractivity contribution in [1.29, 1.82) is 0 Å².